The molecule has 1 fully saturated rings. The number of hydrogen-bond donors (Lipinski definition) is 0. The van der Waals surface area contributed by atoms with E-state index < -0.39 is 19.9 Å². The summed E-state index contributed by atoms with van der Waals surface area (Å²) in [6, 6.07) is 6.15. The van der Waals surface area contributed by atoms with Crippen molar-refractivity contribution in [1.82, 2.24) is 9.29 Å². The predicted molar refractivity (Wildman–Crippen MR) is 114 cm³/mol. The Balaban J connectivity index is 1.58. The van der Waals surface area contributed by atoms with Crippen molar-refractivity contribution in [1.29, 1.82) is 0 Å². The second-order valence-electron chi connectivity index (χ2n) is 7.06. The summed E-state index contributed by atoms with van der Waals surface area (Å²) < 4.78 is 55.8. The van der Waals surface area contributed by atoms with Crippen molar-refractivity contribution in [2.75, 3.05) is 31.2 Å². The van der Waals surface area contributed by atoms with Gasteiger partial charge in [-0.1, -0.05) is 6.92 Å². The number of sulfonamides is 1. The van der Waals surface area contributed by atoms with Crippen LogP contribution >= 0.6 is 11.3 Å². The molecule has 1 saturated heterocycles. The SMILES string of the molecule is CCS(=O)(=O)CCOc1ccc(S(=O)(=O)N2CCC(c3nc(C)cs3)CC2)cc1. The van der Waals surface area contributed by atoms with Crippen LogP contribution in [0.25, 0.3) is 0 Å². The molecule has 3 rings (SSSR count). The molecule has 1 aliphatic rings. The van der Waals surface area contributed by atoms with Gasteiger partial charge in [-0.25, -0.2) is 21.8 Å². The van der Waals surface area contributed by atoms with Crippen LogP contribution in [0.5, 0.6) is 5.75 Å². The van der Waals surface area contributed by atoms with Crippen molar-refractivity contribution >= 4 is 31.2 Å². The van der Waals surface area contributed by atoms with Gasteiger partial charge >= 0.3 is 0 Å². The Morgan fingerprint density at radius 3 is 2.34 bits per heavy atom. The Morgan fingerprint density at radius 1 is 1.14 bits per heavy atom. The number of rotatable bonds is 8. The zero-order valence-corrected chi connectivity index (χ0v) is 19.0. The molecule has 1 aliphatic heterocycles. The van der Waals surface area contributed by atoms with Crippen LogP contribution < -0.4 is 4.74 Å². The van der Waals surface area contributed by atoms with Gasteiger partial charge in [0.2, 0.25) is 10.0 Å². The lowest BCUT2D eigenvalue weighted by atomic mass is 9.99. The largest absolute Gasteiger partial charge is 0.493 e. The van der Waals surface area contributed by atoms with Gasteiger partial charge in [-0.3, -0.25) is 0 Å². The number of hydrogen-bond acceptors (Lipinski definition) is 7. The van der Waals surface area contributed by atoms with E-state index in [0.717, 1.165) is 23.5 Å². The third-order valence-electron chi connectivity index (χ3n) is 5.00. The summed E-state index contributed by atoms with van der Waals surface area (Å²) in [5, 5.41) is 3.12. The molecule has 1 aromatic heterocycles. The van der Waals surface area contributed by atoms with Crippen LogP contribution in [0.4, 0.5) is 0 Å². The molecule has 160 valence electrons. The van der Waals surface area contributed by atoms with Gasteiger partial charge in [0.1, 0.15) is 12.4 Å². The summed E-state index contributed by atoms with van der Waals surface area (Å²) in [4.78, 5) is 4.75. The summed E-state index contributed by atoms with van der Waals surface area (Å²) in [6.07, 6.45) is 1.53. The van der Waals surface area contributed by atoms with Crippen molar-refractivity contribution in [3.05, 3.63) is 40.3 Å². The van der Waals surface area contributed by atoms with E-state index in [1.165, 1.54) is 16.4 Å². The Bertz CT molecular complexity index is 1020. The first-order chi connectivity index (χ1) is 13.7. The molecule has 0 radical (unpaired) electrons. The Hall–Kier alpha value is -1.49. The van der Waals surface area contributed by atoms with Crippen molar-refractivity contribution in [2.45, 2.75) is 37.5 Å². The molecular formula is C19H26N2O5S3. The highest BCUT2D eigenvalue weighted by Gasteiger charge is 2.30. The number of piperidine rings is 1. The number of benzene rings is 1. The average molecular weight is 459 g/mol. The zero-order chi connectivity index (χ0) is 21.1. The lowest BCUT2D eigenvalue weighted by molar-refractivity contribution is 0.319. The van der Waals surface area contributed by atoms with Crippen LogP contribution in [0.2, 0.25) is 0 Å². The van der Waals surface area contributed by atoms with Gasteiger partial charge in [-0.05, 0) is 44.0 Å². The van der Waals surface area contributed by atoms with E-state index >= 15 is 0 Å². The van der Waals surface area contributed by atoms with E-state index in [0.29, 0.717) is 24.8 Å². The Labute approximate surface area is 176 Å². The first-order valence-electron chi connectivity index (χ1n) is 9.57. The number of aryl methyl sites for hydroxylation is 1. The zero-order valence-electron chi connectivity index (χ0n) is 16.6. The molecule has 0 atom stereocenters. The van der Waals surface area contributed by atoms with Gasteiger partial charge in [-0.2, -0.15) is 4.31 Å². The average Bonchev–Trinajstić information content (AvgIpc) is 3.15. The van der Waals surface area contributed by atoms with Gasteiger partial charge in [0.05, 0.1) is 15.7 Å². The normalized spacial score (nSPS) is 16.8. The minimum absolute atomic E-state index is 0.0476. The maximum atomic E-state index is 12.9. The minimum Gasteiger partial charge on any atom is -0.493 e. The Kier molecular flexibility index (Phi) is 6.98. The molecule has 0 saturated carbocycles. The van der Waals surface area contributed by atoms with Gasteiger partial charge in [-0.15, -0.1) is 11.3 Å². The summed E-state index contributed by atoms with van der Waals surface area (Å²) in [6.45, 7) is 4.55. The summed E-state index contributed by atoms with van der Waals surface area (Å²) in [5.74, 6) is 0.784. The third-order valence-corrected chi connectivity index (χ3v) is 9.71. The smallest absolute Gasteiger partial charge is 0.243 e. The van der Waals surface area contributed by atoms with Crippen molar-refractivity contribution < 1.29 is 21.6 Å². The fraction of sp³-hybridized carbons (Fsp3) is 0.526. The maximum absolute atomic E-state index is 12.9. The molecule has 0 spiro atoms. The maximum Gasteiger partial charge on any atom is 0.243 e. The van der Waals surface area contributed by atoms with E-state index in [2.05, 4.69) is 4.98 Å². The van der Waals surface area contributed by atoms with Crippen molar-refractivity contribution in [3.8, 4) is 5.75 Å². The fourth-order valence-corrected chi connectivity index (χ4v) is 6.26. The Morgan fingerprint density at radius 2 is 1.79 bits per heavy atom. The number of ether oxygens (including phenoxy) is 1. The molecule has 10 heteroatoms. The molecule has 29 heavy (non-hydrogen) atoms. The molecule has 0 amide bonds. The van der Waals surface area contributed by atoms with E-state index in [1.807, 2.05) is 12.3 Å². The quantitative estimate of drug-likeness (QED) is 0.604. The van der Waals surface area contributed by atoms with Gasteiger partial charge in [0, 0.05) is 35.8 Å². The van der Waals surface area contributed by atoms with Crippen LogP contribution in [-0.4, -0.2) is 57.3 Å². The fourth-order valence-electron chi connectivity index (χ4n) is 3.19. The van der Waals surface area contributed by atoms with Crippen molar-refractivity contribution in [2.24, 2.45) is 0 Å². The highest BCUT2D eigenvalue weighted by molar-refractivity contribution is 7.91. The predicted octanol–water partition coefficient (Wildman–Crippen LogP) is 2.83. The second-order valence-corrected chi connectivity index (χ2v) is 12.4. The van der Waals surface area contributed by atoms with Crippen molar-refractivity contribution in [3.63, 3.8) is 0 Å². The van der Waals surface area contributed by atoms with E-state index in [1.54, 1.807) is 30.4 Å². The summed E-state index contributed by atoms with van der Waals surface area (Å²) in [7, 11) is -6.65. The second kappa shape index (κ2) is 9.11. The number of thiazole rings is 1. The highest BCUT2D eigenvalue weighted by atomic mass is 32.2. The molecule has 1 aromatic carbocycles. The lowest BCUT2D eigenvalue weighted by Crippen LogP contribution is -2.37. The standard InChI is InChI=1S/C19H26N2O5S3/c1-3-28(22,23)13-12-26-17-4-6-18(7-5-17)29(24,25)21-10-8-16(9-11-21)19-20-15(2)14-27-19/h4-7,14,16H,3,8-13H2,1-2H3. The molecule has 7 nitrogen and oxygen atoms in total. The van der Waals surface area contributed by atoms with Crippen LogP contribution in [0, 0.1) is 6.92 Å². The molecular weight excluding hydrogens is 432 g/mol. The van der Waals surface area contributed by atoms with Crippen LogP contribution in [0.3, 0.4) is 0 Å². The first kappa shape index (κ1) is 22.2. The van der Waals surface area contributed by atoms with E-state index in [9.17, 15) is 16.8 Å². The van der Waals surface area contributed by atoms with Gasteiger partial charge < -0.3 is 4.74 Å². The molecule has 0 unspecified atom stereocenters. The highest BCUT2D eigenvalue weighted by Crippen LogP contribution is 2.32. The van der Waals surface area contributed by atoms with E-state index in [4.69, 9.17) is 4.74 Å². The third kappa shape index (κ3) is 5.56. The van der Waals surface area contributed by atoms with Crippen LogP contribution in [0.1, 0.15) is 36.4 Å². The van der Waals surface area contributed by atoms with E-state index in [-0.39, 0.29) is 23.0 Å². The van der Waals surface area contributed by atoms with Gasteiger partial charge in [0.15, 0.2) is 9.84 Å². The molecule has 2 aromatic rings. The number of sulfone groups is 1. The minimum atomic E-state index is -3.56. The summed E-state index contributed by atoms with van der Waals surface area (Å²) >= 11 is 1.64. The van der Waals surface area contributed by atoms with Gasteiger partial charge in [0.25, 0.3) is 0 Å². The number of nitrogens with zero attached hydrogens (tertiary/aromatic N) is 2. The topological polar surface area (TPSA) is 93.6 Å². The molecule has 0 N–H and O–H groups in total. The summed E-state index contributed by atoms with van der Waals surface area (Å²) in [5.41, 5.74) is 1.01. The molecule has 0 bridgehead atoms. The first-order valence-corrected chi connectivity index (χ1v) is 13.7. The molecule has 0 aliphatic carbocycles. The van der Waals surface area contributed by atoms with Crippen LogP contribution in [-0.2, 0) is 19.9 Å². The molecule has 2 heterocycles. The van der Waals surface area contributed by atoms with Crippen LogP contribution in [0.15, 0.2) is 34.5 Å². The number of aromatic nitrogens is 1. The lowest BCUT2D eigenvalue weighted by Gasteiger charge is -2.30. The monoisotopic (exact) mass is 458 g/mol.